The largest absolute Gasteiger partial charge is 0.490 e. The maximum absolute atomic E-state index is 12.6. The molecule has 0 atom stereocenters. The van der Waals surface area contributed by atoms with Gasteiger partial charge in [0.25, 0.3) is 0 Å². The van der Waals surface area contributed by atoms with Crippen molar-refractivity contribution in [2.75, 3.05) is 31.5 Å². The first kappa shape index (κ1) is 21.2. The lowest BCUT2D eigenvalue weighted by atomic mass is 9.99. The van der Waals surface area contributed by atoms with Crippen LogP contribution in [0.2, 0.25) is 10.0 Å². The molecule has 2 saturated heterocycles. The summed E-state index contributed by atoms with van der Waals surface area (Å²) in [5.74, 6) is 0.893. The number of piperidine rings is 2. The molecule has 30 heavy (non-hydrogen) atoms. The highest BCUT2D eigenvalue weighted by molar-refractivity contribution is 6.42. The summed E-state index contributed by atoms with van der Waals surface area (Å²) in [6, 6.07) is 9.38. The fourth-order valence-corrected chi connectivity index (χ4v) is 4.48. The summed E-state index contributed by atoms with van der Waals surface area (Å²) in [4.78, 5) is 21.0. The van der Waals surface area contributed by atoms with Gasteiger partial charge in [0.05, 0.1) is 10.0 Å². The molecule has 4 rings (SSSR count). The van der Waals surface area contributed by atoms with Crippen LogP contribution in [0.15, 0.2) is 42.7 Å². The van der Waals surface area contributed by atoms with Gasteiger partial charge >= 0.3 is 6.03 Å². The Morgan fingerprint density at radius 2 is 1.67 bits per heavy atom. The van der Waals surface area contributed by atoms with Gasteiger partial charge < -0.3 is 15.0 Å². The molecule has 1 aromatic carbocycles. The Balaban J connectivity index is 1.21. The number of amides is 2. The zero-order valence-corrected chi connectivity index (χ0v) is 18.3. The van der Waals surface area contributed by atoms with Gasteiger partial charge in [-0.1, -0.05) is 23.2 Å². The van der Waals surface area contributed by atoms with Gasteiger partial charge in [-0.25, -0.2) is 4.79 Å². The Morgan fingerprint density at radius 3 is 2.33 bits per heavy atom. The number of rotatable bonds is 4. The molecule has 0 spiro atoms. The van der Waals surface area contributed by atoms with Crippen molar-refractivity contribution < 1.29 is 9.53 Å². The number of hydrogen-bond donors (Lipinski definition) is 1. The van der Waals surface area contributed by atoms with Crippen LogP contribution < -0.4 is 10.1 Å². The van der Waals surface area contributed by atoms with Crippen molar-refractivity contribution in [3.05, 3.63) is 52.8 Å². The van der Waals surface area contributed by atoms with E-state index in [2.05, 4.69) is 15.2 Å². The van der Waals surface area contributed by atoms with Gasteiger partial charge in [-0.2, -0.15) is 0 Å². The van der Waals surface area contributed by atoms with Crippen LogP contribution in [-0.2, 0) is 0 Å². The third-order valence-corrected chi connectivity index (χ3v) is 6.61. The Morgan fingerprint density at radius 1 is 0.967 bits per heavy atom. The Labute approximate surface area is 187 Å². The molecule has 0 radical (unpaired) electrons. The summed E-state index contributed by atoms with van der Waals surface area (Å²) in [6.07, 6.45) is 7.82. The van der Waals surface area contributed by atoms with E-state index in [-0.39, 0.29) is 12.1 Å². The number of pyridine rings is 1. The fraction of sp³-hybridized carbons (Fsp3) is 0.455. The maximum Gasteiger partial charge on any atom is 0.321 e. The number of nitrogens with one attached hydrogen (secondary N) is 1. The smallest absolute Gasteiger partial charge is 0.321 e. The van der Waals surface area contributed by atoms with Gasteiger partial charge in [0.1, 0.15) is 11.9 Å². The normalized spacial score (nSPS) is 18.9. The van der Waals surface area contributed by atoms with E-state index in [0.29, 0.717) is 21.8 Å². The summed E-state index contributed by atoms with van der Waals surface area (Å²) in [5, 5.41) is 3.82. The maximum atomic E-state index is 12.6. The number of hydrogen-bond acceptors (Lipinski definition) is 4. The minimum absolute atomic E-state index is 0.0868. The molecule has 0 unspecified atom stereocenters. The van der Waals surface area contributed by atoms with Gasteiger partial charge in [-0.15, -0.1) is 0 Å². The first-order valence-electron chi connectivity index (χ1n) is 10.4. The SMILES string of the molecule is O=C(Nc1ccc(Cl)c(Cl)c1)N1CCC(N2CCC(Oc3ccncc3)CC2)CC1. The number of urea groups is 1. The quantitative estimate of drug-likeness (QED) is 0.720. The van der Waals surface area contributed by atoms with Crippen LogP contribution >= 0.6 is 23.2 Å². The first-order valence-corrected chi connectivity index (χ1v) is 11.2. The lowest BCUT2D eigenvalue weighted by molar-refractivity contribution is 0.0545. The highest BCUT2D eigenvalue weighted by Crippen LogP contribution is 2.26. The van der Waals surface area contributed by atoms with Crippen LogP contribution in [0.1, 0.15) is 25.7 Å². The van der Waals surface area contributed by atoms with Crippen LogP contribution in [0.25, 0.3) is 0 Å². The first-order chi connectivity index (χ1) is 14.6. The second-order valence-corrected chi connectivity index (χ2v) is 8.63. The van der Waals surface area contributed by atoms with E-state index >= 15 is 0 Å². The standard InChI is InChI=1S/C22H26Cl2N4O2/c23-20-2-1-16(15-21(20)24)26-22(29)28-11-5-17(6-12-28)27-13-7-19(8-14-27)30-18-3-9-25-10-4-18/h1-4,9-10,15,17,19H,5-8,11-14H2,(H,26,29). The van der Waals surface area contributed by atoms with Gasteiger partial charge in [0, 0.05) is 50.3 Å². The van der Waals surface area contributed by atoms with E-state index in [1.807, 2.05) is 17.0 Å². The van der Waals surface area contributed by atoms with Crippen LogP contribution in [0.3, 0.4) is 0 Å². The number of carbonyl (C=O) groups excluding carboxylic acids is 1. The number of aromatic nitrogens is 1. The number of anilines is 1. The van der Waals surface area contributed by atoms with Crippen LogP contribution in [0.5, 0.6) is 5.75 Å². The van der Waals surface area contributed by atoms with Crippen molar-refractivity contribution in [3.63, 3.8) is 0 Å². The minimum atomic E-state index is -0.0868. The van der Waals surface area contributed by atoms with Crippen LogP contribution in [0, 0.1) is 0 Å². The number of halogens is 2. The Bertz CT molecular complexity index is 851. The van der Waals surface area contributed by atoms with Crippen molar-refractivity contribution in [1.82, 2.24) is 14.8 Å². The summed E-state index contributed by atoms with van der Waals surface area (Å²) >= 11 is 12.0. The average Bonchev–Trinajstić information content (AvgIpc) is 2.78. The van der Waals surface area contributed by atoms with Crippen molar-refractivity contribution in [2.45, 2.75) is 37.8 Å². The van der Waals surface area contributed by atoms with E-state index in [4.69, 9.17) is 27.9 Å². The van der Waals surface area contributed by atoms with Crippen molar-refractivity contribution in [2.24, 2.45) is 0 Å². The molecule has 1 N–H and O–H groups in total. The van der Waals surface area contributed by atoms with Gasteiger partial charge in [0.2, 0.25) is 0 Å². The zero-order chi connectivity index (χ0) is 20.9. The van der Waals surface area contributed by atoms with E-state index < -0.39 is 0 Å². The lowest BCUT2D eigenvalue weighted by Gasteiger charge is -2.41. The number of carbonyl (C=O) groups is 1. The van der Waals surface area contributed by atoms with Crippen molar-refractivity contribution in [3.8, 4) is 5.75 Å². The summed E-state index contributed by atoms with van der Waals surface area (Å²) in [6.45, 7) is 3.59. The summed E-state index contributed by atoms with van der Waals surface area (Å²) in [7, 11) is 0. The average molecular weight is 449 g/mol. The zero-order valence-electron chi connectivity index (χ0n) is 16.8. The van der Waals surface area contributed by atoms with E-state index in [1.165, 1.54) is 0 Å². The monoisotopic (exact) mass is 448 g/mol. The molecule has 0 aliphatic carbocycles. The van der Waals surface area contributed by atoms with Crippen LogP contribution in [-0.4, -0.2) is 59.1 Å². The number of ether oxygens (including phenoxy) is 1. The third kappa shape index (κ3) is 5.36. The molecular formula is C22H26Cl2N4O2. The van der Waals surface area contributed by atoms with E-state index in [1.54, 1.807) is 30.6 Å². The van der Waals surface area contributed by atoms with Gasteiger partial charge in [-0.05, 0) is 56.0 Å². The Kier molecular flexibility index (Phi) is 6.97. The molecular weight excluding hydrogens is 423 g/mol. The minimum Gasteiger partial charge on any atom is -0.490 e. The molecule has 2 aromatic rings. The summed E-state index contributed by atoms with van der Waals surface area (Å²) in [5.41, 5.74) is 0.660. The molecule has 2 aliphatic rings. The lowest BCUT2D eigenvalue weighted by Crippen LogP contribution is -2.50. The van der Waals surface area contributed by atoms with E-state index in [0.717, 1.165) is 57.6 Å². The van der Waals surface area contributed by atoms with E-state index in [9.17, 15) is 4.79 Å². The van der Waals surface area contributed by atoms with Crippen LogP contribution in [0.4, 0.5) is 10.5 Å². The topological polar surface area (TPSA) is 57.7 Å². The Hall–Kier alpha value is -2.02. The highest BCUT2D eigenvalue weighted by atomic mass is 35.5. The van der Waals surface area contributed by atoms with Gasteiger partial charge in [-0.3, -0.25) is 9.88 Å². The molecule has 2 fully saturated rings. The molecule has 3 heterocycles. The molecule has 1 aromatic heterocycles. The molecule has 2 amide bonds. The third-order valence-electron chi connectivity index (χ3n) is 5.87. The molecule has 160 valence electrons. The van der Waals surface area contributed by atoms with Gasteiger partial charge in [0.15, 0.2) is 0 Å². The second kappa shape index (κ2) is 9.86. The number of likely N-dealkylation sites (tertiary alicyclic amines) is 2. The summed E-state index contributed by atoms with van der Waals surface area (Å²) < 4.78 is 6.07. The molecule has 0 saturated carbocycles. The molecule has 2 aliphatic heterocycles. The van der Waals surface area contributed by atoms with Crippen molar-refractivity contribution in [1.29, 1.82) is 0 Å². The predicted octanol–water partition coefficient (Wildman–Crippen LogP) is 4.93. The molecule has 0 bridgehead atoms. The number of nitrogens with zero attached hydrogens (tertiary/aromatic N) is 3. The molecule has 6 nitrogen and oxygen atoms in total. The highest BCUT2D eigenvalue weighted by Gasteiger charge is 2.30. The molecule has 8 heteroatoms. The number of benzene rings is 1. The predicted molar refractivity (Wildman–Crippen MR) is 120 cm³/mol. The second-order valence-electron chi connectivity index (χ2n) is 7.81. The van der Waals surface area contributed by atoms with Crippen molar-refractivity contribution >= 4 is 34.9 Å². The fourth-order valence-electron chi connectivity index (χ4n) is 4.18.